The third-order valence-corrected chi connectivity index (χ3v) is 4.89. The number of halogens is 2. The Morgan fingerprint density at radius 2 is 2.00 bits per heavy atom. The Balaban J connectivity index is 2.21. The molecule has 18 heavy (non-hydrogen) atoms. The number of hydrogen-bond donors (Lipinski definition) is 1. The maximum absolute atomic E-state index is 12.1. The van der Waals surface area contributed by atoms with Gasteiger partial charge in [0, 0.05) is 10.7 Å². The van der Waals surface area contributed by atoms with Gasteiger partial charge in [0.15, 0.2) is 0 Å². The average Bonchev–Trinajstić information content (AvgIpc) is 2.63. The number of rotatable bonds is 2. The zero-order chi connectivity index (χ0) is 13.3. The molecule has 5 heteroatoms. The van der Waals surface area contributed by atoms with Crippen molar-refractivity contribution < 1.29 is 4.79 Å². The molecule has 2 rings (SSSR count). The second-order valence-electron chi connectivity index (χ2n) is 3.98. The van der Waals surface area contributed by atoms with Crippen molar-refractivity contribution in [2.45, 2.75) is 13.8 Å². The van der Waals surface area contributed by atoms with E-state index in [1.165, 1.54) is 11.3 Å². The number of aryl methyl sites for hydroxylation is 2. The first-order valence-electron chi connectivity index (χ1n) is 5.31. The standard InChI is InChI=1S/C13H11BrClNOS/c1-7-5-9(15)3-4-10(7)16-13(17)11-6-8(2)12(14)18-11/h3-6H,1-2H3,(H,16,17). The van der Waals surface area contributed by atoms with Gasteiger partial charge in [-0.25, -0.2) is 0 Å². The maximum atomic E-state index is 12.1. The van der Waals surface area contributed by atoms with Gasteiger partial charge < -0.3 is 5.32 Å². The number of nitrogens with one attached hydrogen (secondary N) is 1. The van der Waals surface area contributed by atoms with E-state index in [9.17, 15) is 4.79 Å². The highest BCUT2D eigenvalue weighted by atomic mass is 79.9. The lowest BCUT2D eigenvalue weighted by Crippen LogP contribution is -2.11. The van der Waals surface area contributed by atoms with Gasteiger partial charge in [0.05, 0.1) is 8.66 Å². The Hall–Kier alpha value is -0.840. The SMILES string of the molecule is Cc1cc(Cl)ccc1NC(=O)c1cc(C)c(Br)s1. The van der Waals surface area contributed by atoms with Crippen LogP contribution in [0.4, 0.5) is 5.69 Å². The molecule has 2 aromatic rings. The van der Waals surface area contributed by atoms with Crippen molar-refractivity contribution in [1.82, 2.24) is 0 Å². The van der Waals surface area contributed by atoms with E-state index in [0.717, 1.165) is 20.6 Å². The highest BCUT2D eigenvalue weighted by Crippen LogP contribution is 2.28. The molecule has 0 radical (unpaired) electrons. The first-order valence-corrected chi connectivity index (χ1v) is 7.29. The second-order valence-corrected chi connectivity index (χ2v) is 6.79. The van der Waals surface area contributed by atoms with Gasteiger partial charge >= 0.3 is 0 Å². The largest absolute Gasteiger partial charge is 0.321 e. The molecule has 0 fully saturated rings. The molecule has 0 aliphatic heterocycles. The first-order chi connectivity index (χ1) is 8.47. The van der Waals surface area contributed by atoms with Crippen molar-refractivity contribution in [3.63, 3.8) is 0 Å². The molecule has 1 N–H and O–H groups in total. The number of amides is 1. The van der Waals surface area contributed by atoms with Gasteiger partial charge in [-0.15, -0.1) is 11.3 Å². The van der Waals surface area contributed by atoms with Crippen LogP contribution in [-0.2, 0) is 0 Å². The van der Waals surface area contributed by atoms with E-state index in [2.05, 4.69) is 21.2 Å². The minimum absolute atomic E-state index is 0.0979. The average molecular weight is 345 g/mol. The summed E-state index contributed by atoms with van der Waals surface area (Å²) in [6, 6.07) is 7.27. The number of carbonyl (C=O) groups is 1. The quantitative estimate of drug-likeness (QED) is 0.813. The van der Waals surface area contributed by atoms with Crippen molar-refractivity contribution in [3.05, 3.63) is 49.1 Å². The van der Waals surface area contributed by atoms with Gasteiger partial charge in [-0.05, 0) is 65.2 Å². The van der Waals surface area contributed by atoms with Gasteiger partial charge in [0.2, 0.25) is 0 Å². The van der Waals surface area contributed by atoms with Crippen LogP contribution in [0.3, 0.4) is 0 Å². The molecule has 0 spiro atoms. The summed E-state index contributed by atoms with van der Waals surface area (Å²) in [5, 5.41) is 3.55. The van der Waals surface area contributed by atoms with E-state index in [-0.39, 0.29) is 5.91 Å². The Kier molecular flexibility index (Phi) is 4.10. The summed E-state index contributed by atoms with van der Waals surface area (Å²) in [6.45, 7) is 3.88. The van der Waals surface area contributed by atoms with Crippen LogP contribution in [0.1, 0.15) is 20.8 Å². The molecule has 1 heterocycles. The van der Waals surface area contributed by atoms with Gasteiger partial charge in [-0.3, -0.25) is 4.79 Å². The lowest BCUT2D eigenvalue weighted by molar-refractivity contribution is 0.103. The highest BCUT2D eigenvalue weighted by molar-refractivity contribution is 9.11. The first kappa shape index (κ1) is 13.6. The van der Waals surface area contributed by atoms with Crippen LogP contribution in [0.5, 0.6) is 0 Å². The second kappa shape index (κ2) is 5.43. The predicted molar refractivity (Wildman–Crippen MR) is 80.9 cm³/mol. The monoisotopic (exact) mass is 343 g/mol. The summed E-state index contributed by atoms with van der Waals surface area (Å²) in [5.74, 6) is -0.0979. The number of anilines is 1. The lowest BCUT2D eigenvalue weighted by Gasteiger charge is -2.07. The molecule has 0 aliphatic rings. The predicted octanol–water partition coefficient (Wildman–Crippen LogP) is 5.03. The number of carbonyl (C=O) groups excluding carboxylic acids is 1. The summed E-state index contributed by atoms with van der Waals surface area (Å²) in [7, 11) is 0. The van der Waals surface area contributed by atoms with Crippen LogP contribution in [-0.4, -0.2) is 5.91 Å². The summed E-state index contributed by atoms with van der Waals surface area (Å²) < 4.78 is 0.987. The molecule has 1 aromatic heterocycles. The Morgan fingerprint density at radius 3 is 2.56 bits per heavy atom. The zero-order valence-corrected chi connectivity index (χ0v) is 13.0. The van der Waals surface area contributed by atoms with Crippen molar-refractivity contribution in [2.75, 3.05) is 5.32 Å². The van der Waals surface area contributed by atoms with E-state index >= 15 is 0 Å². The summed E-state index contributed by atoms with van der Waals surface area (Å²) in [5.41, 5.74) is 2.80. The molecule has 0 saturated heterocycles. The van der Waals surface area contributed by atoms with Crippen molar-refractivity contribution in [3.8, 4) is 0 Å². The van der Waals surface area contributed by atoms with Crippen LogP contribution in [0.15, 0.2) is 28.1 Å². The van der Waals surface area contributed by atoms with Gasteiger partial charge in [-0.1, -0.05) is 11.6 Å². The number of hydrogen-bond acceptors (Lipinski definition) is 2. The van der Waals surface area contributed by atoms with Crippen molar-refractivity contribution in [1.29, 1.82) is 0 Å². The van der Waals surface area contributed by atoms with Crippen molar-refractivity contribution >= 4 is 50.5 Å². The molecule has 0 aliphatic carbocycles. The van der Waals surface area contributed by atoms with E-state index in [0.29, 0.717) is 9.90 Å². The lowest BCUT2D eigenvalue weighted by atomic mass is 10.2. The third kappa shape index (κ3) is 2.94. The van der Waals surface area contributed by atoms with Crippen LogP contribution < -0.4 is 5.32 Å². The van der Waals surface area contributed by atoms with Gasteiger partial charge in [0.1, 0.15) is 0 Å². The summed E-state index contributed by atoms with van der Waals surface area (Å²) in [6.07, 6.45) is 0. The number of benzene rings is 1. The minimum atomic E-state index is -0.0979. The molecule has 0 atom stereocenters. The smallest absolute Gasteiger partial charge is 0.265 e. The molecule has 2 nitrogen and oxygen atoms in total. The molecule has 0 unspecified atom stereocenters. The number of thiophene rings is 1. The molecule has 1 aromatic carbocycles. The van der Waals surface area contributed by atoms with Crippen LogP contribution >= 0.6 is 38.9 Å². The Morgan fingerprint density at radius 1 is 1.28 bits per heavy atom. The summed E-state index contributed by atoms with van der Waals surface area (Å²) >= 11 is 10.7. The fourth-order valence-electron chi connectivity index (χ4n) is 1.52. The fourth-order valence-corrected chi connectivity index (χ4v) is 3.18. The normalized spacial score (nSPS) is 10.4. The van der Waals surface area contributed by atoms with E-state index in [1.54, 1.807) is 6.07 Å². The zero-order valence-electron chi connectivity index (χ0n) is 9.88. The molecular formula is C13H11BrClNOS. The fraction of sp³-hybridized carbons (Fsp3) is 0.154. The molecule has 1 amide bonds. The third-order valence-electron chi connectivity index (χ3n) is 2.52. The maximum Gasteiger partial charge on any atom is 0.265 e. The summed E-state index contributed by atoms with van der Waals surface area (Å²) in [4.78, 5) is 12.8. The topological polar surface area (TPSA) is 29.1 Å². The Labute approximate surface area is 123 Å². The van der Waals surface area contributed by atoms with E-state index in [1.807, 2.05) is 32.0 Å². The Bertz CT molecular complexity index is 590. The molecule has 0 bridgehead atoms. The van der Waals surface area contributed by atoms with Crippen LogP contribution in [0.2, 0.25) is 5.02 Å². The van der Waals surface area contributed by atoms with Crippen LogP contribution in [0.25, 0.3) is 0 Å². The van der Waals surface area contributed by atoms with Gasteiger partial charge in [-0.2, -0.15) is 0 Å². The minimum Gasteiger partial charge on any atom is -0.321 e. The van der Waals surface area contributed by atoms with Gasteiger partial charge in [0.25, 0.3) is 5.91 Å². The van der Waals surface area contributed by atoms with Crippen molar-refractivity contribution in [2.24, 2.45) is 0 Å². The van der Waals surface area contributed by atoms with Crippen LogP contribution in [0, 0.1) is 13.8 Å². The van der Waals surface area contributed by atoms with E-state index in [4.69, 9.17) is 11.6 Å². The molecule has 94 valence electrons. The molecular weight excluding hydrogens is 334 g/mol. The highest BCUT2D eigenvalue weighted by Gasteiger charge is 2.12. The van der Waals surface area contributed by atoms with E-state index < -0.39 is 0 Å². The molecule has 0 saturated carbocycles.